The zero-order chi connectivity index (χ0) is 34.0. The van der Waals surface area contributed by atoms with Crippen molar-refractivity contribution in [2.45, 2.75) is 132 Å². The van der Waals surface area contributed by atoms with E-state index in [9.17, 15) is 0 Å². The van der Waals surface area contributed by atoms with Crippen LogP contribution in [0.5, 0.6) is 0 Å². The van der Waals surface area contributed by atoms with E-state index in [0.717, 1.165) is 24.0 Å². The third kappa shape index (κ3) is 25.2. The number of unbranched alkanes of at least 4 members (excludes halogenated alkanes) is 7. The molecule has 0 saturated heterocycles. The molecule has 0 atom stereocenters. The van der Waals surface area contributed by atoms with Crippen LogP contribution in [-0.2, 0) is 6.42 Å². The molecular formula is C44H68. The fourth-order valence-corrected chi connectivity index (χ4v) is 4.04. The first-order chi connectivity index (χ1) is 21.4. The van der Waals surface area contributed by atoms with Crippen LogP contribution in [-0.4, -0.2) is 0 Å². The van der Waals surface area contributed by atoms with E-state index in [1.807, 2.05) is 45.9 Å². The van der Waals surface area contributed by atoms with Crippen molar-refractivity contribution in [3.8, 4) is 24.0 Å². The average molecular weight is 597 g/mol. The fourth-order valence-electron chi connectivity index (χ4n) is 4.04. The molecule has 0 aliphatic carbocycles. The van der Waals surface area contributed by atoms with E-state index in [4.69, 9.17) is 0 Å². The zero-order valence-electron chi connectivity index (χ0n) is 30.2. The van der Waals surface area contributed by atoms with Crippen LogP contribution >= 0.6 is 0 Å². The average Bonchev–Trinajstić information content (AvgIpc) is 3.07. The second-order valence-corrected chi connectivity index (χ2v) is 10.6. The summed E-state index contributed by atoms with van der Waals surface area (Å²) < 4.78 is 0. The topological polar surface area (TPSA) is 0 Å². The first kappa shape index (κ1) is 45.1. The zero-order valence-corrected chi connectivity index (χ0v) is 30.2. The molecule has 44 heavy (non-hydrogen) atoms. The van der Waals surface area contributed by atoms with Crippen molar-refractivity contribution >= 4 is 5.57 Å². The molecule has 0 heterocycles. The van der Waals surface area contributed by atoms with E-state index in [-0.39, 0.29) is 0 Å². The van der Waals surface area contributed by atoms with Gasteiger partial charge in [-0.15, -0.1) is 12.8 Å². The number of hydrogen-bond donors (Lipinski definition) is 0. The van der Waals surface area contributed by atoms with Gasteiger partial charge in [-0.1, -0.05) is 202 Å². The summed E-state index contributed by atoms with van der Waals surface area (Å²) >= 11 is 0. The second kappa shape index (κ2) is 34.2. The number of rotatable bonds is 16. The highest BCUT2D eigenvalue weighted by atomic mass is 14.1. The lowest BCUT2D eigenvalue weighted by atomic mass is 9.99. The number of allylic oxidation sites excluding steroid dienone is 7. The Morgan fingerprint density at radius 3 is 1.59 bits per heavy atom. The van der Waals surface area contributed by atoms with Crippen LogP contribution in [0.1, 0.15) is 137 Å². The molecule has 0 heteroatoms. The van der Waals surface area contributed by atoms with Crippen molar-refractivity contribution in [3.63, 3.8) is 0 Å². The van der Waals surface area contributed by atoms with Gasteiger partial charge in [0.1, 0.15) is 0 Å². The number of hydrogen-bond acceptors (Lipinski definition) is 0. The van der Waals surface area contributed by atoms with Gasteiger partial charge in [0.15, 0.2) is 0 Å². The molecule has 0 spiro atoms. The Morgan fingerprint density at radius 1 is 0.705 bits per heavy atom. The van der Waals surface area contributed by atoms with E-state index in [1.54, 1.807) is 0 Å². The Balaban J connectivity index is -0.000000704. The SMILES string of the molecule is C#C.C=C(C)c1ccc(-c2ccc(CCCCCCCCC)cc2)cc1.C=C/C(=C/CC(=C)/C=C\C)CC.CC.CCCC. The molecule has 244 valence electrons. The van der Waals surface area contributed by atoms with E-state index in [0.29, 0.717) is 0 Å². The maximum absolute atomic E-state index is 4.00. The van der Waals surface area contributed by atoms with Gasteiger partial charge < -0.3 is 0 Å². The minimum Gasteiger partial charge on any atom is -0.124 e. The van der Waals surface area contributed by atoms with E-state index < -0.39 is 0 Å². The molecule has 0 aromatic heterocycles. The van der Waals surface area contributed by atoms with Gasteiger partial charge in [-0.25, -0.2) is 0 Å². The first-order valence-corrected chi connectivity index (χ1v) is 17.2. The molecule has 2 aromatic rings. The molecule has 2 aromatic carbocycles. The quantitative estimate of drug-likeness (QED) is 0.103. The van der Waals surface area contributed by atoms with Crippen LogP contribution in [0.2, 0.25) is 0 Å². The summed E-state index contributed by atoms with van der Waals surface area (Å²) in [5.41, 5.74) is 8.81. The normalized spacial score (nSPS) is 10.0. The maximum atomic E-state index is 4.00. The van der Waals surface area contributed by atoms with Gasteiger partial charge >= 0.3 is 0 Å². The van der Waals surface area contributed by atoms with Crippen LogP contribution in [0.3, 0.4) is 0 Å². The molecule has 0 amide bonds. The van der Waals surface area contributed by atoms with Gasteiger partial charge in [0.05, 0.1) is 0 Å². The summed E-state index contributed by atoms with van der Waals surface area (Å²) in [5, 5.41) is 0. The van der Waals surface area contributed by atoms with Gasteiger partial charge in [-0.3, -0.25) is 0 Å². The predicted octanol–water partition coefficient (Wildman–Crippen LogP) is 14.8. The minimum atomic E-state index is 0.930. The Morgan fingerprint density at radius 2 is 1.18 bits per heavy atom. The van der Waals surface area contributed by atoms with Crippen molar-refractivity contribution < 1.29 is 0 Å². The largest absolute Gasteiger partial charge is 0.124 e. The number of aryl methyl sites for hydroxylation is 1. The summed E-state index contributed by atoms with van der Waals surface area (Å²) in [6.07, 6.45) is 31.6. The lowest BCUT2D eigenvalue weighted by Crippen LogP contribution is -1.87. The van der Waals surface area contributed by atoms with Gasteiger partial charge in [0.2, 0.25) is 0 Å². The highest BCUT2D eigenvalue weighted by Crippen LogP contribution is 2.23. The Hall–Kier alpha value is -3.30. The standard InChI is InChI=1S/C24H32.C12H18.C4H10.C2H6.C2H2/c1-4-5-6-7-8-9-10-11-21-12-14-23(15-13-21)24-18-16-22(17-19-24)20(2)3;1-5-8-11(4)9-10-12(6-2)7-3;1-3-4-2;2*1-2/h12-19H,2,4-11H2,1,3H3;5-6,8,10H,2,4,7,9H2,1,3H3;3-4H2,1-2H3;1-2H3;1-2H/b;8-5-,12-10-;;;. The van der Waals surface area contributed by atoms with Crippen LogP contribution < -0.4 is 0 Å². The molecule has 2 rings (SSSR count). The molecule has 0 N–H and O–H groups in total. The van der Waals surface area contributed by atoms with Gasteiger partial charge in [-0.05, 0) is 61.8 Å². The Bertz CT molecular complexity index is 1020. The third-order valence-electron chi connectivity index (χ3n) is 6.93. The third-order valence-corrected chi connectivity index (χ3v) is 6.93. The molecule has 0 aliphatic rings. The van der Waals surface area contributed by atoms with E-state index >= 15 is 0 Å². The molecule has 0 saturated carbocycles. The van der Waals surface area contributed by atoms with Crippen molar-refractivity contribution in [2.75, 3.05) is 0 Å². The lowest BCUT2D eigenvalue weighted by molar-refractivity contribution is 0.589. The first-order valence-electron chi connectivity index (χ1n) is 17.2. The van der Waals surface area contributed by atoms with Crippen molar-refractivity contribution in [2.24, 2.45) is 0 Å². The summed E-state index contributed by atoms with van der Waals surface area (Å²) in [7, 11) is 0. The van der Waals surface area contributed by atoms with E-state index in [1.165, 1.54) is 92.0 Å². The summed E-state index contributed by atoms with van der Waals surface area (Å²) in [6, 6.07) is 17.8. The molecule has 0 fully saturated rings. The minimum absolute atomic E-state index is 0.930. The fraction of sp³-hybridized carbons (Fsp3) is 0.455. The second-order valence-electron chi connectivity index (χ2n) is 10.6. The van der Waals surface area contributed by atoms with Gasteiger partial charge in [0.25, 0.3) is 0 Å². The Labute approximate surface area is 276 Å². The maximum Gasteiger partial charge on any atom is -0.00976 e. The smallest absolute Gasteiger partial charge is 0.00976 e. The van der Waals surface area contributed by atoms with E-state index in [2.05, 4.69) is 115 Å². The van der Waals surface area contributed by atoms with Crippen LogP contribution in [0.4, 0.5) is 0 Å². The number of terminal acetylenes is 1. The van der Waals surface area contributed by atoms with Crippen molar-refractivity contribution in [3.05, 3.63) is 115 Å². The molecular weight excluding hydrogens is 528 g/mol. The van der Waals surface area contributed by atoms with Crippen LogP contribution in [0, 0.1) is 12.8 Å². The molecule has 0 nitrogen and oxygen atoms in total. The van der Waals surface area contributed by atoms with Crippen molar-refractivity contribution in [1.82, 2.24) is 0 Å². The molecule has 0 radical (unpaired) electrons. The summed E-state index contributed by atoms with van der Waals surface area (Å²) in [6.45, 7) is 28.5. The summed E-state index contributed by atoms with van der Waals surface area (Å²) in [4.78, 5) is 0. The molecule has 0 bridgehead atoms. The molecule has 0 unspecified atom stereocenters. The number of benzene rings is 2. The molecule has 0 aliphatic heterocycles. The Kier molecular flexibility index (Phi) is 35.1. The van der Waals surface area contributed by atoms with Crippen LogP contribution in [0.25, 0.3) is 16.7 Å². The highest BCUT2D eigenvalue weighted by Gasteiger charge is 2.00. The van der Waals surface area contributed by atoms with Crippen molar-refractivity contribution in [1.29, 1.82) is 0 Å². The van der Waals surface area contributed by atoms with Gasteiger partial charge in [0, 0.05) is 0 Å². The van der Waals surface area contributed by atoms with Gasteiger partial charge in [-0.2, -0.15) is 0 Å². The lowest BCUT2D eigenvalue weighted by Gasteiger charge is -2.06. The van der Waals surface area contributed by atoms with Crippen LogP contribution in [0.15, 0.2) is 104 Å². The highest BCUT2D eigenvalue weighted by molar-refractivity contribution is 5.68. The monoisotopic (exact) mass is 597 g/mol. The predicted molar refractivity (Wildman–Crippen MR) is 207 cm³/mol. The summed E-state index contributed by atoms with van der Waals surface area (Å²) in [5.74, 6) is 0.